The number of nitrogens with zero attached hydrogens (tertiary/aromatic N) is 1. The minimum absolute atomic E-state index is 0.189. The fourth-order valence-electron chi connectivity index (χ4n) is 2.55. The number of nitrogens with one attached hydrogen (secondary N) is 1. The normalized spacial score (nSPS) is 13.2. The molecule has 21 heavy (non-hydrogen) atoms. The molecule has 0 fully saturated rings. The minimum atomic E-state index is 0.189. The summed E-state index contributed by atoms with van der Waals surface area (Å²) in [5.41, 5.74) is 7.40. The Morgan fingerprint density at radius 2 is 1.52 bits per heavy atom. The highest BCUT2D eigenvalue weighted by Crippen LogP contribution is 2.36. The summed E-state index contributed by atoms with van der Waals surface area (Å²) in [6, 6.07) is 7.63. The molecule has 0 spiro atoms. The lowest BCUT2D eigenvalue weighted by Gasteiger charge is -2.13. The van der Waals surface area contributed by atoms with Crippen molar-refractivity contribution < 1.29 is 9.47 Å². The molecule has 0 saturated carbocycles. The molecule has 1 aliphatic rings. The van der Waals surface area contributed by atoms with Gasteiger partial charge in [0.05, 0.1) is 13.2 Å². The molecule has 3 N–H and O–H groups in total. The zero-order chi connectivity index (χ0) is 15.0. The van der Waals surface area contributed by atoms with Crippen molar-refractivity contribution in [1.29, 1.82) is 5.41 Å². The van der Waals surface area contributed by atoms with Crippen LogP contribution in [0, 0.1) is 5.41 Å². The Balaban J connectivity index is 2.30. The van der Waals surface area contributed by atoms with Crippen LogP contribution in [0.25, 0.3) is 10.8 Å². The van der Waals surface area contributed by atoms with Crippen molar-refractivity contribution in [2.45, 2.75) is 13.8 Å². The van der Waals surface area contributed by atoms with E-state index < -0.39 is 0 Å². The van der Waals surface area contributed by atoms with Crippen LogP contribution in [0.15, 0.2) is 29.3 Å². The molecule has 0 atom stereocenters. The standard InChI is InChI=1S/C16H17N3O2/c1-3-20-13-5-6-14(21-4-2)10-8-12-11(7-9(10)13)15(17)19-16(12)18/h5-8H,3-4H2,1-2H3,(H3,17,18,19). The number of hydrogen-bond acceptors (Lipinski definition) is 4. The Hall–Kier alpha value is -2.56. The Morgan fingerprint density at radius 3 is 2.05 bits per heavy atom. The molecule has 5 nitrogen and oxygen atoms in total. The number of amidine groups is 2. The van der Waals surface area contributed by atoms with Crippen LogP contribution in [0.5, 0.6) is 11.5 Å². The van der Waals surface area contributed by atoms with Crippen LogP contribution in [0.4, 0.5) is 0 Å². The van der Waals surface area contributed by atoms with E-state index in [1.807, 2.05) is 38.1 Å². The highest BCUT2D eigenvalue weighted by Gasteiger charge is 2.21. The van der Waals surface area contributed by atoms with E-state index in [9.17, 15) is 0 Å². The third kappa shape index (κ3) is 2.11. The van der Waals surface area contributed by atoms with Gasteiger partial charge in [-0.3, -0.25) is 5.41 Å². The smallest absolute Gasteiger partial charge is 0.154 e. The molecule has 0 bridgehead atoms. The van der Waals surface area contributed by atoms with Crippen LogP contribution < -0.4 is 15.2 Å². The Labute approximate surface area is 122 Å². The quantitative estimate of drug-likeness (QED) is 0.905. The predicted octanol–water partition coefficient (Wildman–Crippen LogP) is 2.68. The molecular formula is C16H17N3O2. The van der Waals surface area contributed by atoms with E-state index in [-0.39, 0.29) is 5.84 Å². The van der Waals surface area contributed by atoms with E-state index in [0.29, 0.717) is 19.0 Å². The second-order valence-electron chi connectivity index (χ2n) is 4.72. The second-order valence-corrected chi connectivity index (χ2v) is 4.72. The van der Waals surface area contributed by atoms with Gasteiger partial charge in [0.15, 0.2) is 5.84 Å². The maximum atomic E-state index is 7.90. The van der Waals surface area contributed by atoms with E-state index in [1.165, 1.54) is 0 Å². The molecule has 0 radical (unpaired) electrons. The number of ether oxygens (including phenoxy) is 2. The van der Waals surface area contributed by atoms with Crippen molar-refractivity contribution in [2.24, 2.45) is 10.7 Å². The number of hydrogen-bond donors (Lipinski definition) is 2. The zero-order valence-corrected chi connectivity index (χ0v) is 12.1. The SMILES string of the molecule is CCOc1ccc(OCC)c2cc3c(cc12)C(=N)N=C3N. The van der Waals surface area contributed by atoms with Gasteiger partial charge >= 0.3 is 0 Å². The first-order chi connectivity index (χ1) is 10.2. The van der Waals surface area contributed by atoms with Gasteiger partial charge in [-0.05, 0) is 38.1 Å². The van der Waals surface area contributed by atoms with Gasteiger partial charge in [-0.1, -0.05) is 0 Å². The molecule has 3 rings (SSSR count). The van der Waals surface area contributed by atoms with Crippen LogP contribution >= 0.6 is 0 Å². The van der Waals surface area contributed by atoms with E-state index in [2.05, 4.69) is 4.99 Å². The van der Waals surface area contributed by atoms with Gasteiger partial charge in [0, 0.05) is 21.9 Å². The van der Waals surface area contributed by atoms with Crippen molar-refractivity contribution in [3.05, 3.63) is 35.4 Å². The van der Waals surface area contributed by atoms with E-state index in [1.54, 1.807) is 0 Å². The molecule has 1 aliphatic heterocycles. The number of nitrogens with two attached hydrogens (primary N) is 1. The lowest BCUT2D eigenvalue weighted by Crippen LogP contribution is -2.10. The second kappa shape index (κ2) is 5.09. The summed E-state index contributed by atoms with van der Waals surface area (Å²) in [7, 11) is 0. The molecule has 2 aromatic carbocycles. The summed E-state index contributed by atoms with van der Waals surface area (Å²) in [5, 5.41) is 9.74. The summed E-state index contributed by atoms with van der Waals surface area (Å²) >= 11 is 0. The van der Waals surface area contributed by atoms with Gasteiger partial charge in [-0.25, -0.2) is 4.99 Å². The van der Waals surface area contributed by atoms with E-state index in [0.717, 1.165) is 33.4 Å². The fraction of sp³-hybridized carbons (Fsp3) is 0.250. The number of fused-ring (bicyclic) bond motifs is 2. The van der Waals surface area contributed by atoms with Crippen molar-refractivity contribution in [1.82, 2.24) is 0 Å². The number of benzene rings is 2. The first-order valence-electron chi connectivity index (χ1n) is 6.95. The van der Waals surface area contributed by atoms with Crippen LogP contribution in [0.1, 0.15) is 25.0 Å². The maximum Gasteiger partial charge on any atom is 0.154 e. The van der Waals surface area contributed by atoms with Crippen molar-refractivity contribution in [2.75, 3.05) is 13.2 Å². The first-order valence-corrected chi connectivity index (χ1v) is 6.95. The van der Waals surface area contributed by atoms with Crippen molar-refractivity contribution in [3.8, 4) is 11.5 Å². The fourth-order valence-corrected chi connectivity index (χ4v) is 2.55. The first kappa shape index (κ1) is 13.4. The monoisotopic (exact) mass is 283 g/mol. The lowest BCUT2D eigenvalue weighted by molar-refractivity contribution is 0.336. The highest BCUT2D eigenvalue weighted by molar-refractivity contribution is 6.23. The Morgan fingerprint density at radius 1 is 1.00 bits per heavy atom. The molecule has 0 saturated heterocycles. The van der Waals surface area contributed by atoms with Gasteiger partial charge in [0.1, 0.15) is 17.3 Å². The molecule has 1 heterocycles. The minimum Gasteiger partial charge on any atom is -0.493 e. The van der Waals surface area contributed by atoms with Gasteiger partial charge in [0.2, 0.25) is 0 Å². The summed E-state index contributed by atoms with van der Waals surface area (Å²) < 4.78 is 11.4. The molecule has 108 valence electrons. The summed E-state index contributed by atoms with van der Waals surface area (Å²) in [4.78, 5) is 4.03. The molecule has 0 unspecified atom stereocenters. The van der Waals surface area contributed by atoms with Crippen LogP contribution in [0.2, 0.25) is 0 Å². The molecule has 5 heteroatoms. The van der Waals surface area contributed by atoms with Gasteiger partial charge in [0.25, 0.3) is 0 Å². The molecule has 0 aliphatic carbocycles. The van der Waals surface area contributed by atoms with Crippen molar-refractivity contribution >= 4 is 22.4 Å². The summed E-state index contributed by atoms with van der Waals surface area (Å²) in [5.74, 6) is 2.12. The summed E-state index contributed by atoms with van der Waals surface area (Å²) in [6.45, 7) is 5.05. The molecule has 2 aromatic rings. The topological polar surface area (TPSA) is 80.7 Å². The summed E-state index contributed by atoms with van der Waals surface area (Å²) in [6.07, 6.45) is 0. The van der Waals surface area contributed by atoms with Crippen LogP contribution in [-0.2, 0) is 0 Å². The largest absolute Gasteiger partial charge is 0.493 e. The van der Waals surface area contributed by atoms with Gasteiger partial charge in [-0.15, -0.1) is 0 Å². The van der Waals surface area contributed by atoms with Gasteiger partial charge < -0.3 is 15.2 Å². The third-order valence-corrected chi connectivity index (χ3v) is 3.44. The van der Waals surface area contributed by atoms with E-state index in [4.69, 9.17) is 20.6 Å². The van der Waals surface area contributed by atoms with Crippen LogP contribution in [0.3, 0.4) is 0 Å². The Bertz CT molecular complexity index is 766. The maximum absolute atomic E-state index is 7.90. The molecular weight excluding hydrogens is 266 g/mol. The van der Waals surface area contributed by atoms with Crippen molar-refractivity contribution in [3.63, 3.8) is 0 Å². The number of aliphatic imine (C=N–C) groups is 1. The van der Waals surface area contributed by atoms with E-state index >= 15 is 0 Å². The average molecular weight is 283 g/mol. The highest BCUT2D eigenvalue weighted by atomic mass is 16.5. The number of rotatable bonds is 4. The third-order valence-electron chi connectivity index (χ3n) is 3.44. The zero-order valence-electron chi connectivity index (χ0n) is 12.1. The Kier molecular flexibility index (Phi) is 3.25. The average Bonchev–Trinajstić information content (AvgIpc) is 2.75. The molecule has 0 aromatic heterocycles. The van der Waals surface area contributed by atoms with Gasteiger partial charge in [-0.2, -0.15) is 0 Å². The van der Waals surface area contributed by atoms with Crippen LogP contribution in [-0.4, -0.2) is 24.9 Å². The lowest BCUT2D eigenvalue weighted by atomic mass is 10.00. The molecule has 0 amide bonds. The predicted molar refractivity (Wildman–Crippen MR) is 83.8 cm³/mol.